The third kappa shape index (κ3) is 6.64. The molecule has 9 heteroatoms. The highest BCUT2D eigenvalue weighted by atomic mass is 32.2. The van der Waals surface area contributed by atoms with Gasteiger partial charge in [0.15, 0.2) is 5.78 Å². The maximum absolute atomic E-state index is 12.7. The van der Waals surface area contributed by atoms with Crippen LogP contribution in [-0.2, 0) is 27.9 Å². The number of aryl methyl sites for hydroxylation is 1. The molecule has 0 aliphatic heterocycles. The average molecular weight is 497 g/mol. The van der Waals surface area contributed by atoms with Gasteiger partial charge in [-0.2, -0.15) is 5.10 Å². The van der Waals surface area contributed by atoms with Crippen molar-refractivity contribution < 1.29 is 18.0 Å². The molecule has 8 nitrogen and oxygen atoms in total. The molecule has 35 heavy (non-hydrogen) atoms. The molecule has 1 N–H and O–H groups in total. The Balaban J connectivity index is 1.49. The number of Topliss-reactive ketones (excluding diaryl/α,β-unsaturated/α-hetero) is 1. The van der Waals surface area contributed by atoms with Gasteiger partial charge in [-0.25, -0.2) is 12.7 Å². The number of hydrogen-bond acceptors (Lipinski definition) is 5. The van der Waals surface area contributed by atoms with Gasteiger partial charge in [0.1, 0.15) is 0 Å². The smallest absolute Gasteiger partial charge is 0.242 e. The molecule has 1 aromatic heterocycles. The first-order chi connectivity index (χ1) is 16.6. The Morgan fingerprint density at radius 3 is 2.31 bits per heavy atom. The minimum atomic E-state index is -3.69. The second-order valence-corrected chi connectivity index (χ2v) is 10.6. The van der Waals surface area contributed by atoms with Gasteiger partial charge in [-0.1, -0.05) is 42.5 Å². The van der Waals surface area contributed by atoms with Crippen molar-refractivity contribution in [2.24, 2.45) is 0 Å². The number of nitrogens with one attached hydrogen (secondary N) is 1. The molecule has 0 radical (unpaired) electrons. The Bertz CT molecular complexity index is 1280. The highest BCUT2D eigenvalue weighted by Gasteiger charge is 2.21. The van der Waals surface area contributed by atoms with Gasteiger partial charge >= 0.3 is 0 Å². The number of amides is 1. The number of carbonyl (C=O) groups excluding carboxylic acids is 2. The van der Waals surface area contributed by atoms with E-state index in [1.807, 2.05) is 36.7 Å². The topological polar surface area (TPSA) is 101 Å². The molecule has 0 spiro atoms. The molecular formula is C26H32N4O4S. The Kier molecular flexibility index (Phi) is 8.58. The van der Waals surface area contributed by atoms with Crippen LogP contribution in [0, 0.1) is 13.8 Å². The van der Waals surface area contributed by atoms with E-state index in [1.54, 1.807) is 0 Å². The molecule has 0 aliphatic rings. The fourth-order valence-electron chi connectivity index (χ4n) is 3.80. The highest BCUT2D eigenvalue weighted by Crippen LogP contribution is 2.17. The van der Waals surface area contributed by atoms with Crippen molar-refractivity contribution in [3.63, 3.8) is 0 Å². The zero-order chi connectivity index (χ0) is 25.6. The van der Waals surface area contributed by atoms with Crippen LogP contribution in [-0.4, -0.2) is 47.8 Å². The van der Waals surface area contributed by atoms with Crippen LogP contribution >= 0.6 is 0 Å². The molecule has 0 fully saturated rings. The molecule has 0 atom stereocenters. The van der Waals surface area contributed by atoms with Crippen molar-refractivity contribution in [2.75, 3.05) is 13.6 Å². The van der Waals surface area contributed by atoms with E-state index in [0.717, 1.165) is 22.5 Å². The van der Waals surface area contributed by atoms with Crippen LogP contribution in [0.2, 0.25) is 0 Å². The minimum Gasteiger partial charge on any atom is -0.352 e. The largest absolute Gasteiger partial charge is 0.352 e. The third-order valence-electron chi connectivity index (χ3n) is 6.01. The second-order valence-electron chi connectivity index (χ2n) is 8.58. The summed E-state index contributed by atoms with van der Waals surface area (Å²) in [5, 5.41) is 7.54. The molecule has 1 heterocycles. The van der Waals surface area contributed by atoms with Crippen molar-refractivity contribution in [3.8, 4) is 0 Å². The predicted octanol–water partition coefficient (Wildman–Crippen LogP) is 3.47. The first-order valence-corrected chi connectivity index (χ1v) is 12.9. The number of rotatable bonds is 11. The molecule has 3 aromatic rings. The maximum atomic E-state index is 12.7. The average Bonchev–Trinajstić information content (AvgIpc) is 3.10. The number of carbonyl (C=O) groups is 2. The van der Waals surface area contributed by atoms with Crippen LogP contribution in [0.1, 0.15) is 52.6 Å². The van der Waals surface area contributed by atoms with Crippen LogP contribution in [0.25, 0.3) is 0 Å². The lowest BCUT2D eigenvalue weighted by molar-refractivity contribution is -0.121. The van der Waals surface area contributed by atoms with E-state index in [-0.39, 0.29) is 29.6 Å². The summed E-state index contributed by atoms with van der Waals surface area (Å²) in [6, 6.07) is 15.9. The van der Waals surface area contributed by atoms with Gasteiger partial charge in [-0.3, -0.25) is 14.3 Å². The van der Waals surface area contributed by atoms with Crippen molar-refractivity contribution >= 4 is 21.7 Å². The van der Waals surface area contributed by atoms with E-state index in [4.69, 9.17) is 0 Å². The lowest BCUT2D eigenvalue weighted by atomic mass is 10.2. The molecule has 0 aliphatic carbocycles. The number of sulfonamides is 1. The fraction of sp³-hybridized carbons (Fsp3) is 0.346. The zero-order valence-corrected chi connectivity index (χ0v) is 21.4. The summed E-state index contributed by atoms with van der Waals surface area (Å²) in [4.78, 5) is 23.9. The summed E-state index contributed by atoms with van der Waals surface area (Å²) in [6.45, 7) is 6.60. The summed E-state index contributed by atoms with van der Waals surface area (Å²) in [6.07, 6.45) is 0.595. The Hall–Kier alpha value is -3.30. The zero-order valence-electron chi connectivity index (χ0n) is 20.6. The van der Waals surface area contributed by atoms with Gasteiger partial charge in [0.2, 0.25) is 15.9 Å². The first-order valence-electron chi connectivity index (χ1n) is 11.5. The Morgan fingerprint density at radius 1 is 1.03 bits per heavy atom. The molecule has 186 valence electrons. The van der Waals surface area contributed by atoms with Crippen LogP contribution in [0.5, 0.6) is 0 Å². The second kappa shape index (κ2) is 11.4. The maximum Gasteiger partial charge on any atom is 0.242 e. The third-order valence-corrected chi connectivity index (χ3v) is 7.89. The number of nitrogens with zero attached hydrogens (tertiary/aromatic N) is 3. The monoisotopic (exact) mass is 496 g/mol. The lowest BCUT2D eigenvalue weighted by Gasteiger charge is -2.17. The summed E-state index contributed by atoms with van der Waals surface area (Å²) < 4.78 is 28.6. The van der Waals surface area contributed by atoms with Crippen LogP contribution < -0.4 is 5.32 Å². The fourth-order valence-corrected chi connectivity index (χ4v) is 5.01. The normalized spacial score (nSPS) is 11.6. The Morgan fingerprint density at radius 2 is 1.69 bits per heavy atom. The molecule has 0 saturated heterocycles. The molecule has 0 unspecified atom stereocenters. The van der Waals surface area contributed by atoms with Gasteiger partial charge in [-0.05, 0) is 44.9 Å². The van der Waals surface area contributed by atoms with E-state index in [2.05, 4.69) is 22.5 Å². The van der Waals surface area contributed by atoms with E-state index in [1.165, 1.54) is 42.5 Å². The molecule has 0 saturated carbocycles. The number of aromatic nitrogens is 2. The Labute approximate surface area is 207 Å². The molecule has 0 bridgehead atoms. The van der Waals surface area contributed by atoms with Gasteiger partial charge in [0, 0.05) is 43.4 Å². The van der Waals surface area contributed by atoms with Gasteiger partial charge in [0.25, 0.3) is 0 Å². The molecule has 3 rings (SSSR count). The van der Waals surface area contributed by atoms with Gasteiger partial charge < -0.3 is 5.32 Å². The summed E-state index contributed by atoms with van der Waals surface area (Å²) >= 11 is 0. The van der Waals surface area contributed by atoms with Crippen molar-refractivity contribution in [2.45, 2.75) is 51.6 Å². The van der Waals surface area contributed by atoms with E-state index in [0.29, 0.717) is 25.1 Å². The first kappa shape index (κ1) is 26.3. The predicted molar refractivity (Wildman–Crippen MR) is 135 cm³/mol. The number of ketones is 1. The number of benzene rings is 2. The molecule has 1 amide bonds. The van der Waals surface area contributed by atoms with Gasteiger partial charge in [-0.15, -0.1) is 0 Å². The van der Waals surface area contributed by atoms with E-state index < -0.39 is 10.0 Å². The van der Waals surface area contributed by atoms with E-state index in [9.17, 15) is 18.0 Å². The summed E-state index contributed by atoms with van der Waals surface area (Å²) in [5.74, 6) is -0.265. The van der Waals surface area contributed by atoms with Crippen LogP contribution in [0.3, 0.4) is 0 Å². The van der Waals surface area contributed by atoms with Crippen molar-refractivity contribution in [1.29, 1.82) is 0 Å². The van der Waals surface area contributed by atoms with Gasteiger partial charge in [0.05, 0.1) is 17.1 Å². The van der Waals surface area contributed by atoms with E-state index >= 15 is 0 Å². The molecule has 2 aromatic carbocycles. The molecular weight excluding hydrogens is 464 g/mol. The lowest BCUT2D eigenvalue weighted by Crippen LogP contribution is -2.29. The summed E-state index contributed by atoms with van der Waals surface area (Å²) in [7, 11) is -2.20. The quantitative estimate of drug-likeness (QED) is 0.410. The van der Waals surface area contributed by atoms with Crippen molar-refractivity contribution in [1.82, 2.24) is 19.4 Å². The standard InChI is InChI=1S/C26H32N4O4S/c1-19-25(20(2)30(28-19)18-22-9-6-5-7-10-22)17-27-26(32)11-8-16-29(4)35(33,34)24-14-12-23(13-15-24)21(3)31/h5-7,9-10,12-15H,8,11,16-18H2,1-4H3,(H,27,32). The van der Waals surface area contributed by atoms with Crippen LogP contribution in [0.4, 0.5) is 0 Å². The summed E-state index contributed by atoms with van der Waals surface area (Å²) in [5.41, 5.74) is 4.48. The SMILES string of the molecule is CC(=O)c1ccc(S(=O)(=O)N(C)CCCC(=O)NCc2c(C)nn(Cc3ccccc3)c2C)cc1. The van der Waals surface area contributed by atoms with Crippen molar-refractivity contribution in [3.05, 3.63) is 82.7 Å². The highest BCUT2D eigenvalue weighted by molar-refractivity contribution is 7.89. The number of hydrogen-bond donors (Lipinski definition) is 1. The van der Waals surface area contributed by atoms with Crippen LogP contribution in [0.15, 0.2) is 59.5 Å². The minimum absolute atomic E-state index is 0.118.